The van der Waals surface area contributed by atoms with Gasteiger partial charge < -0.3 is 14.4 Å². The van der Waals surface area contributed by atoms with Crippen LogP contribution in [0.25, 0.3) is 12.2 Å². The molecule has 0 spiro atoms. The zero-order valence-corrected chi connectivity index (χ0v) is 13.9. The first-order valence-electron chi connectivity index (χ1n) is 6.46. The fraction of sp³-hybridized carbons (Fsp3) is 0. The Labute approximate surface area is 143 Å². The van der Waals surface area contributed by atoms with E-state index >= 15 is 0 Å². The molecule has 0 fully saturated rings. The van der Waals surface area contributed by atoms with Crippen LogP contribution in [0, 0.1) is 0 Å². The Balaban J connectivity index is 2.11. The molecule has 0 amide bonds. The van der Waals surface area contributed by atoms with E-state index in [1.807, 2.05) is 0 Å². The minimum absolute atomic E-state index is 0.104. The van der Waals surface area contributed by atoms with E-state index in [0.29, 0.717) is 11.1 Å². The van der Waals surface area contributed by atoms with Crippen LogP contribution in [0.2, 0.25) is 0 Å². The maximum Gasteiger partial charge on any atom is 0.465 e. The van der Waals surface area contributed by atoms with Crippen LogP contribution in [0.15, 0.2) is 42.5 Å². The van der Waals surface area contributed by atoms with E-state index in [1.54, 1.807) is 12.2 Å². The summed E-state index contributed by atoms with van der Waals surface area (Å²) in [5.74, 6) is -0.448. The normalized spacial score (nSPS) is 12.4. The number of phenolic OH excluding ortho intramolecular Hbond substituents is 2. The van der Waals surface area contributed by atoms with Crippen LogP contribution in [-0.2, 0) is 24.4 Å². The average molecular weight is 388 g/mol. The van der Waals surface area contributed by atoms with Crippen LogP contribution in [0.3, 0.4) is 0 Å². The third-order valence-electron chi connectivity index (χ3n) is 2.64. The van der Waals surface area contributed by atoms with Gasteiger partial charge in [0.2, 0.25) is 0 Å². The molecule has 0 saturated heterocycles. The van der Waals surface area contributed by atoms with Crippen molar-refractivity contribution in [3.8, 4) is 17.2 Å². The standard InChI is InChI=1S/C14H12O9S2/c15-12-7-11(8-13(16)9-12)2-1-10-3-5-14(6-4-10)22-25(20,21)23-24(17,18)19/h1-9,15-16H,(H,17,18,19). The highest BCUT2D eigenvalue weighted by Gasteiger charge is 2.22. The van der Waals surface area contributed by atoms with Gasteiger partial charge in [0.15, 0.2) is 0 Å². The lowest BCUT2D eigenvalue weighted by Crippen LogP contribution is -2.17. The molecule has 11 heteroatoms. The molecule has 0 heterocycles. The summed E-state index contributed by atoms with van der Waals surface area (Å²) in [6.07, 6.45) is 3.20. The number of aromatic hydroxyl groups is 2. The highest BCUT2D eigenvalue weighted by Crippen LogP contribution is 2.22. The maximum absolute atomic E-state index is 11.2. The van der Waals surface area contributed by atoms with Crippen molar-refractivity contribution in [2.24, 2.45) is 0 Å². The van der Waals surface area contributed by atoms with Gasteiger partial charge in [-0.1, -0.05) is 27.9 Å². The van der Waals surface area contributed by atoms with E-state index < -0.39 is 20.8 Å². The molecule has 0 aliphatic heterocycles. The molecule has 0 aliphatic carbocycles. The van der Waals surface area contributed by atoms with Gasteiger partial charge in [-0.25, -0.2) is 0 Å². The van der Waals surface area contributed by atoms with Crippen molar-refractivity contribution in [2.75, 3.05) is 0 Å². The fourth-order valence-electron chi connectivity index (χ4n) is 1.78. The summed E-state index contributed by atoms with van der Waals surface area (Å²) in [5, 5.41) is 18.8. The Hall–Kier alpha value is -2.60. The van der Waals surface area contributed by atoms with E-state index in [2.05, 4.69) is 7.81 Å². The SMILES string of the molecule is O=S(=O)(O)OS(=O)(=O)Oc1ccc(C=Cc2cc(O)cc(O)c2)cc1. The third-order valence-corrected chi connectivity index (χ3v) is 4.39. The third kappa shape index (κ3) is 6.43. The molecule has 3 N–H and O–H groups in total. The Morgan fingerprint density at radius 1 is 0.800 bits per heavy atom. The lowest BCUT2D eigenvalue weighted by molar-refractivity contribution is 0.347. The Morgan fingerprint density at radius 2 is 1.32 bits per heavy atom. The minimum atomic E-state index is -5.22. The Morgan fingerprint density at radius 3 is 1.84 bits per heavy atom. The van der Waals surface area contributed by atoms with E-state index in [-0.39, 0.29) is 17.2 Å². The predicted octanol–water partition coefficient (Wildman–Crippen LogP) is 1.71. The summed E-state index contributed by atoms with van der Waals surface area (Å²) in [4.78, 5) is 0. The summed E-state index contributed by atoms with van der Waals surface area (Å²) in [7, 11) is -10.2. The Bertz CT molecular complexity index is 971. The van der Waals surface area contributed by atoms with E-state index in [9.17, 15) is 27.0 Å². The quantitative estimate of drug-likeness (QED) is 0.497. The molecular weight excluding hydrogens is 376 g/mol. The molecule has 2 rings (SSSR count). The number of rotatable bonds is 6. The summed E-state index contributed by atoms with van der Waals surface area (Å²) in [6.45, 7) is 0. The molecule has 0 bridgehead atoms. The zero-order chi connectivity index (χ0) is 18.7. The number of hydrogen-bond acceptors (Lipinski definition) is 8. The highest BCUT2D eigenvalue weighted by molar-refractivity contribution is 7.95. The van der Waals surface area contributed by atoms with Gasteiger partial charge in [0, 0.05) is 6.07 Å². The van der Waals surface area contributed by atoms with Crippen molar-refractivity contribution in [1.29, 1.82) is 0 Å². The molecule has 25 heavy (non-hydrogen) atoms. The lowest BCUT2D eigenvalue weighted by Gasteiger charge is -2.04. The number of hydrogen-bond donors (Lipinski definition) is 3. The van der Waals surface area contributed by atoms with Gasteiger partial charge in [-0.15, -0.1) is 0 Å². The van der Waals surface area contributed by atoms with Gasteiger partial charge in [0.1, 0.15) is 17.2 Å². The monoisotopic (exact) mass is 388 g/mol. The van der Waals surface area contributed by atoms with Crippen molar-refractivity contribution < 1.29 is 39.4 Å². The number of benzene rings is 2. The molecule has 0 aliphatic rings. The van der Waals surface area contributed by atoms with E-state index in [0.717, 1.165) is 0 Å². The molecule has 134 valence electrons. The fourth-order valence-corrected chi connectivity index (χ4v) is 3.08. The van der Waals surface area contributed by atoms with E-state index in [1.165, 1.54) is 42.5 Å². The second-order valence-electron chi connectivity index (χ2n) is 4.67. The van der Waals surface area contributed by atoms with Gasteiger partial charge >= 0.3 is 20.8 Å². The predicted molar refractivity (Wildman–Crippen MR) is 87.3 cm³/mol. The van der Waals surface area contributed by atoms with E-state index in [4.69, 9.17) is 4.55 Å². The van der Waals surface area contributed by atoms with Crippen LogP contribution >= 0.6 is 0 Å². The topological polar surface area (TPSA) is 147 Å². The first-order chi connectivity index (χ1) is 11.5. The second-order valence-corrected chi connectivity index (χ2v) is 7.06. The van der Waals surface area contributed by atoms with Crippen LogP contribution in [0.5, 0.6) is 17.2 Å². The highest BCUT2D eigenvalue weighted by atomic mass is 32.3. The molecule has 0 atom stereocenters. The second kappa shape index (κ2) is 7.11. The molecule has 9 nitrogen and oxygen atoms in total. The maximum atomic E-state index is 11.2. The summed E-state index contributed by atoms with van der Waals surface area (Å²) >= 11 is 0. The van der Waals surface area contributed by atoms with Crippen molar-refractivity contribution in [2.45, 2.75) is 0 Å². The van der Waals surface area contributed by atoms with Gasteiger partial charge in [-0.05, 0) is 35.4 Å². The van der Waals surface area contributed by atoms with Crippen molar-refractivity contribution in [3.05, 3.63) is 53.6 Å². The van der Waals surface area contributed by atoms with Gasteiger partial charge in [0.05, 0.1) is 0 Å². The van der Waals surface area contributed by atoms with Crippen LogP contribution in [0.4, 0.5) is 0 Å². The average Bonchev–Trinajstić information content (AvgIpc) is 2.42. The van der Waals surface area contributed by atoms with Gasteiger partial charge in [-0.2, -0.15) is 16.8 Å². The smallest absolute Gasteiger partial charge is 0.465 e. The van der Waals surface area contributed by atoms with Crippen LogP contribution < -0.4 is 4.18 Å². The number of phenols is 2. The molecular formula is C14H12O9S2. The summed E-state index contributed by atoms with van der Waals surface area (Å²) < 4.78 is 59.3. The van der Waals surface area contributed by atoms with Crippen molar-refractivity contribution in [3.63, 3.8) is 0 Å². The summed E-state index contributed by atoms with van der Waals surface area (Å²) in [6, 6.07) is 9.39. The minimum Gasteiger partial charge on any atom is -0.508 e. The first-order valence-corrected chi connectivity index (χ1v) is 9.16. The molecule has 0 saturated carbocycles. The molecule has 0 radical (unpaired) electrons. The van der Waals surface area contributed by atoms with Crippen molar-refractivity contribution >= 4 is 33.0 Å². The zero-order valence-electron chi connectivity index (χ0n) is 12.3. The molecule has 2 aromatic rings. The largest absolute Gasteiger partial charge is 0.508 e. The first kappa shape index (κ1) is 18.7. The van der Waals surface area contributed by atoms with Crippen LogP contribution in [-0.4, -0.2) is 31.6 Å². The van der Waals surface area contributed by atoms with Gasteiger partial charge in [0.25, 0.3) is 0 Å². The molecule has 2 aromatic carbocycles. The molecule has 0 aromatic heterocycles. The van der Waals surface area contributed by atoms with Gasteiger partial charge in [-0.3, -0.25) is 4.55 Å². The lowest BCUT2D eigenvalue weighted by atomic mass is 10.1. The summed E-state index contributed by atoms with van der Waals surface area (Å²) in [5.41, 5.74) is 1.14. The van der Waals surface area contributed by atoms with Crippen molar-refractivity contribution in [1.82, 2.24) is 0 Å². The Kier molecular flexibility index (Phi) is 5.33. The van der Waals surface area contributed by atoms with Crippen LogP contribution in [0.1, 0.15) is 11.1 Å². The molecule has 0 unspecified atom stereocenters.